The Morgan fingerprint density at radius 2 is 2.00 bits per heavy atom. The first-order valence-corrected chi connectivity index (χ1v) is 8.36. The fraction of sp³-hybridized carbons (Fsp3) is 0.667. The molecule has 1 aromatic carbocycles. The molecular formula is C18H27NO2. The fourth-order valence-electron chi connectivity index (χ4n) is 3.93. The van der Waals surface area contributed by atoms with Gasteiger partial charge in [0.1, 0.15) is 5.75 Å². The molecule has 3 nitrogen and oxygen atoms in total. The molecule has 116 valence electrons. The van der Waals surface area contributed by atoms with Crippen LogP contribution in [-0.4, -0.2) is 23.9 Å². The molecular weight excluding hydrogens is 262 g/mol. The van der Waals surface area contributed by atoms with Gasteiger partial charge in [-0.15, -0.1) is 0 Å². The van der Waals surface area contributed by atoms with Crippen LogP contribution in [0.3, 0.4) is 0 Å². The van der Waals surface area contributed by atoms with Gasteiger partial charge in [0.05, 0.1) is 13.2 Å². The topological polar surface area (TPSA) is 55.5 Å². The third-order valence-corrected chi connectivity index (χ3v) is 5.36. The van der Waals surface area contributed by atoms with Gasteiger partial charge in [-0.3, -0.25) is 0 Å². The first-order chi connectivity index (χ1) is 10.2. The minimum absolute atomic E-state index is 0.0938. The average Bonchev–Trinajstić information content (AvgIpc) is 2.89. The standard InChI is InChI=1S/C18H27NO2/c19-18(13-20)10-3-6-16(18)9-11-21-17-8-7-14-4-1-2-5-15(14)12-17/h7-8,12,16,20H,1-6,9-11,13,19H2. The number of aryl methyl sites for hydroxylation is 2. The molecule has 0 radical (unpaired) electrons. The van der Waals surface area contributed by atoms with E-state index in [2.05, 4.69) is 18.2 Å². The Balaban J connectivity index is 1.54. The molecule has 0 aliphatic heterocycles. The number of aliphatic hydroxyl groups excluding tert-OH is 1. The summed E-state index contributed by atoms with van der Waals surface area (Å²) in [5, 5.41) is 9.48. The average molecular weight is 289 g/mol. The first-order valence-electron chi connectivity index (χ1n) is 8.36. The van der Waals surface area contributed by atoms with Crippen LogP contribution in [0.1, 0.15) is 49.7 Å². The lowest BCUT2D eigenvalue weighted by Crippen LogP contribution is -2.47. The zero-order valence-corrected chi connectivity index (χ0v) is 12.8. The summed E-state index contributed by atoms with van der Waals surface area (Å²) in [7, 11) is 0. The van der Waals surface area contributed by atoms with E-state index in [1.165, 1.54) is 36.8 Å². The van der Waals surface area contributed by atoms with Crippen LogP contribution in [0.2, 0.25) is 0 Å². The van der Waals surface area contributed by atoms with Crippen LogP contribution in [0.4, 0.5) is 0 Å². The highest BCUT2D eigenvalue weighted by molar-refractivity contribution is 5.37. The van der Waals surface area contributed by atoms with Crippen molar-refractivity contribution in [2.75, 3.05) is 13.2 Å². The molecule has 3 heteroatoms. The number of fused-ring (bicyclic) bond motifs is 1. The van der Waals surface area contributed by atoms with Crippen LogP contribution in [0.25, 0.3) is 0 Å². The van der Waals surface area contributed by atoms with Crippen molar-refractivity contribution >= 4 is 0 Å². The van der Waals surface area contributed by atoms with E-state index in [1.807, 2.05) is 0 Å². The van der Waals surface area contributed by atoms with E-state index in [4.69, 9.17) is 10.5 Å². The summed E-state index contributed by atoms with van der Waals surface area (Å²) in [6, 6.07) is 6.53. The predicted molar refractivity (Wildman–Crippen MR) is 84.5 cm³/mol. The molecule has 21 heavy (non-hydrogen) atoms. The number of rotatable bonds is 5. The Bertz CT molecular complexity index is 488. The van der Waals surface area contributed by atoms with Crippen LogP contribution >= 0.6 is 0 Å². The SMILES string of the molecule is NC1(CO)CCCC1CCOc1ccc2c(c1)CCCC2. The molecule has 3 rings (SSSR count). The third kappa shape index (κ3) is 3.24. The van der Waals surface area contributed by atoms with Gasteiger partial charge in [-0.05, 0) is 74.1 Å². The number of hydrogen-bond acceptors (Lipinski definition) is 3. The summed E-state index contributed by atoms with van der Waals surface area (Å²) in [4.78, 5) is 0. The minimum atomic E-state index is -0.376. The molecule has 0 saturated heterocycles. The van der Waals surface area contributed by atoms with Gasteiger partial charge in [-0.2, -0.15) is 0 Å². The van der Waals surface area contributed by atoms with Crippen LogP contribution in [0.5, 0.6) is 5.75 Å². The molecule has 1 saturated carbocycles. The fourth-order valence-corrected chi connectivity index (χ4v) is 3.93. The molecule has 0 spiro atoms. The summed E-state index contributed by atoms with van der Waals surface area (Å²) in [5.41, 5.74) is 8.84. The number of ether oxygens (including phenoxy) is 1. The van der Waals surface area contributed by atoms with E-state index < -0.39 is 0 Å². The second kappa shape index (κ2) is 6.37. The van der Waals surface area contributed by atoms with Gasteiger partial charge in [0, 0.05) is 5.54 Å². The zero-order chi connectivity index (χ0) is 14.7. The van der Waals surface area contributed by atoms with Gasteiger partial charge >= 0.3 is 0 Å². The van der Waals surface area contributed by atoms with E-state index in [0.717, 1.165) is 31.4 Å². The Morgan fingerprint density at radius 3 is 2.81 bits per heavy atom. The highest BCUT2D eigenvalue weighted by atomic mass is 16.5. The normalized spacial score (nSPS) is 28.4. The van der Waals surface area contributed by atoms with E-state index in [1.54, 1.807) is 0 Å². The lowest BCUT2D eigenvalue weighted by Gasteiger charge is -2.29. The molecule has 0 aromatic heterocycles. The molecule has 2 aliphatic carbocycles. The smallest absolute Gasteiger partial charge is 0.119 e. The Labute approximate surface area is 127 Å². The molecule has 1 fully saturated rings. The van der Waals surface area contributed by atoms with Crippen LogP contribution in [-0.2, 0) is 12.8 Å². The maximum absolute atomic E-state index is 9.48. The largest absolute Gasteiger partial charge is 0.494 e. The predicted octanol–water partition coefficient (Wildman–Crippen LogP) is 2.82. The van der Waals surface area contributed by atoms with Crippen molar-refractivity contribution in [2.45, 2.75) is 56.9 Å². The number of nitrogens with two attached hydrogens (primary N) is 1. The zero-order valence-electron chi connectivity index (χ0n) is 12.8. The molecule has 3 N–H and O–H groups in total. The molecule has 0 heterocycles. The number of hydrogen-bond donors (Lipinski definition) is 2. The quantitative estimate of drug-likeness (QED) is 0.876. The Morgan fingerprint density at radius 1 is 1.19 bits per heavy atom. The highest BCUT2D eigenvalue weighted by Crippen LogP contribution is 2.35. The second-order valence-corrected chi connectivity index (χ2v) is 6.76. The molecule has 2 aliphatic rings. The number of benzene rings is 1. The van der Waals surface area contributed by atoms with E-state index in [9.17, 15) is 5.11 Å². The van der Waals surface area contributed by atoms with Crippen molar-refractivity contribution in [2.24, 2.45) is 11.7 Å². The van der Waals surface area contributed by atoms with E-state index >= 15 is 0 Å². The lowest BCUT2D eigenvalue weighted by molar-refractivity contribution is 0.143. The van der Waals surface area contributed by atoms with E-state index in [-0.39, 0.29) is 12.1 Å². The van der Waals surface area contributed by atoms with Crippen molar-refractivity contribution in [1.29, 1.82) is 0 Å². The molecule has 0 bridgehead atoms. The lowest BCUT2D eigenvalue weighted by atomic mass is 9.87. The monoisotopic (exact) mass is 289 g/mol. The third-order valence-electron chi connectivity index (χ3n) is 5.36. The van der Waals surface area contributed by atoms with Crippen LogP contribution < -0.4 is 10.5 Å². The summed E-state index contributed by atoms with van der Waals surface area (Å²) >= 11 is 0. The van der Waals surface area contributed by atoms with Gasteiger partial charge in [0.25, 0.3) is 0 Å². The highest BCUT2D eigenvalue weighted by Gasteiger charge is 2.38. The summed E-state index contributed by atoms with van der Waals surface area (Å²) in [6.07, 6.45) is 9.13. The van der Waals surface area contributed by atoms with Gasteiger partial charge < -0.3 is 15.6 Å². The minimum Gasteiger partial charge on any atom is -0.494 e. The van der Waals surface area contributed by atoms with Gasteiger partial charge in [0.2, 0.25) is 0 Å². The maximum atomic E-state index is 9.48. The van der Waals surface area contributed by atoms with Crippen LogP contribution in [0, 0.1) is 5.92 Å². The molecule has 2 atom stereocenters. The van der Waals surface area contributed by atoms with Crippen molar-refractivity contribution in [1.82, 2.24) is 0 Å². The summed E-state index contributed by atoms with van der Waals surface area (Å²) < 4.78 is 5.93. The number of aliphatic hydroxyl groups is 1. The van der Waals surface area contributed by atoms with Crippen LogP contribution in [0.15, 0.2) is 18.2 Å². The van der Waals surface area contributed by atoms with Crippen molar-refractivity contribution in [3.05, 3.63) is 29.3 Å². The van der Waals surface area contributed by atoms with E-state index in [0.29, 0.717) is 12.5 Å². The van der Waals surface area contributed by atoms with Gasteiger partial charge in [-0.1, -0.05) is 12.5 Å². The van der Waals surface area contributed by atoms with Crippen molar-refractivity contribution in [3.8, 4) is 5.75 Å². The first kappa shape index (κ1) is 14.9. The van der Waals surface area contributed by atoms with Gasteiger partial charge in [0.15, 0.2) is 0 Å². The maximum Gasteiger partial charge on any atom is 0.119 e. The molecule has 1 aromatic rings. The molecule has 2 unspecified atom stereocenters. The van der Waals surface area contributed by atoms with Crippen molar-refractivity contribution in [3.63, 3.8) is 0 Å². The Kier molecular flexibility index (Phi) is 4.51. The summed E-state index contributed by atoms with van der Waals surface area (Å²) in [5.74, 6) is 1.38. The van der Waals surface area contributed by atoms with Crippen molar-refractivity contribution < 1.29 is 9.84 Å². The second-order valence-electron chi connectivity index (χ2n) is 6.76. The Hall–Kier alpha value is -1.06. The summed E-state index contributed by atoms with van der Waals surface area (Å²) in [6.45, 7) is 0.791. The molecule has 0 amide bonds. The van der Waals surface area contributed by atoms with Gasteiger partial charge in [-0.25, -0.2) is 0 Å².